The highest BCUT2D eigenvalue weighted by Crippen LogP contribution is 2.29. The van der Waals surface area contributed by atoms with Crippen molar-refractivity contribution in [2.24, 2.45) is 0 Å². The number of aryl methyl sites for hydroxylation is 1. The Morgan fingerprint density at radius 3 is 2.32 bits per heavy atom. The zero-order chi connectivity index (χ0) is 21.8. The molecule has 1 N–H and O–H groups in total. The van der Waals surface area contributed by atoms with E-state index in [1.165, 1.54) is 12.1 Å². The molecule has 0 bridgehead atoms. The topological polar surface area (TPSA) is 62.3 Å². The number of benzene rings is 2. The van der Waals surface area contributed by atoms with Crippen molar-refractivity contribution in [2.45, 2.75) is 25.7 Å². The van der Waals surface area contributed by atoms with Gasteiger partial charge in [0.1, 0.15) is 5.82 Å². The smallest absolute Gasteiger partial charge is 0.255 e. The molecule has 158 valence electrons. The van der Waals surface area contributed by atoms with Gasteiger partial charge in [0, 0.05) is 42.3 Å². The van der Waals surface area contributed by atoms with Crippen LogP contribution in [0.25, 0.3) is 0 Å². The fourth-order valence-electron chi connectivity index (χ4n) is 3.92. The third-order valence-corrected chi connectivity index (χ3v) is 5.80. The van der Waals surface area contributed by atoms with Crippen LogP contribution in [0.2, 0.25) is 0 Å². The molecule has 0 unspecified atom stereocenters. The Bertz CT molecular complexity index is 1080. The molecular weight excluding hydrogens is 393 g/mol. The van der Waals surface area contributed by atoms with Crippen LogP contribution in [0.4, 0.5) is 10.1 Å². The van der Waals surface area contributed by atoms with E-state index in [1.54, 1.807) is 36.7 Å². The Hall–Kier alpha value is -3.54. The van der Waals surface area contributed by atoms with Crippen LogP contribution in [0.15, 0.2) is 67.0 Å². The highest BCUT2D eigenvalue weighted by molar-refractivity contribution is 6.05. The van der Waals surface area contributed by atoms with Crippen LogP contribution in [-0.4, -0.2) is 34.8 Å². The zero-order valence-electron chi connectivity index (χ0n) is 17.3. The number of halogens is 1. The summed E-state index contributed by atoms with van der Waals surface area (Å²) in [5.41, 5.74) is 3.68. The van der Waals surface area contributed by atoms with E-state index < -0.39 is 0 Å². The van der Waals surface area contributed by atoms with Gasteiger partial charge in [-0.1, -0.05) is 18.2 Å². The number of aromatic nitrogens is 1. The number of carbonyl (C=O) groups excluding carboxylic acids is 2. The predicted molar refractivity (Wildman–Crippen MR) is 118 cm³/mol. The third-order valence-electron chi connectivity index (χ3n) is 5.80. The number of hydrogen-bond acceptors (Lipinski definition) is 3. The first kappa shape index (κ1) is 20.7. The lowest BCUT2D eigenvalue weighted by Gasteiger charge is -2.32. The summed E-state index contributed by atoms with van der Waals surface area (Å²) in [7, 11) is 0. The molecule has 0 radical (unpaired) electrons. The summed E-state index contributed by atoms with van der Waals surface area (Å²) in [4.78, 5) is 31.3. The van der Waals surface area contributed by atoms with Crippen LogP contribution < -0.4 is 5.32 Å². The van der Waals surface area contributed by atoms with Gasteiger partial charge in [0.05, 0.1) is 0 Å². The first-order valence-electron chi connectivity index (χ1n) is 10.4. The second-order valence-electron chi connectivity index (χ2n) is 7.84. The summed E-state index contributed by atoms with van der Waals surface area (Å²) in [6.07, 6.45) is 4.82. The van der Waals surface area contributed by atoms with Gasteiger partial charge in [-0.15, -0.1) is 0 Å². The van der Waals surface area contributed by atoms with Crippen molar-refractivity contribution in [3.05, 3.63) is 95.1 Å². The summed E-state index contributed by atoms with van der Waals surface area (Å²) in [6, 6.07) is 15.3. The van der Waals surface area contributed by atoms with Crippen LogP contribution in [0.3, 0.4) is 0 Å². The van der Waals surface area contributed by atoms with Gasteiger partial charge in [0.15, 0.2) is 0 Å². The molecule has 2 aromatic carbocycles. The molecule has 5 nitrogen and oxygen atoms in total. The SMILES string of the molecule is Cc1ccc(C(=O)N2CCC(c3ccc(F)cc3)CC2)cc1NC(=O)c1ccncc1. The van der Waals surface area contributed by atoms with Crippen molar-refractivity contribution in [2.75, 3.05) is 18.4 Å². The standard InChI is InChI=1S/C25H24FN3O2/c1-17-2-3-21(16-23(17)28-24(30)20-8-12-27-13-9-20)25(31)29-14-10-19(11-15-29)18-4-6-22(26)7-5-18/h2-9,12-13,16,19H,10-11,14-15H2,1H3,(H,28,30). The largest absolute Gasteiger partial charge is 0.339 e. The molecule has 1 aliphatic rings. The van der Waals surface area contributed by atoms with Crippen molar-refractivity contribution >= 4 is 17.5 Å². The Morgan fingerprint density at radius 2 is 1.65 bits per heavy atom. The molecule has 2 heterocycles. The van der Waals surface area contributed by atoms with Crippen LogP contribution in [0, 0.1) is 12.7 Å². The van der Waals surface area contributed by atoms with Crippen molar-refractivity contribution < 1.29 is 14.0 Å². The van der Waals surface area contributed by atoms with E-state index in [4.69, 9.17) is 0 Å². The van der Waals surface area contributed by atoms with Crippen LogP contribution >= 0.6 is 0 Å². The maximum Gasteiger partial charge on any atom is 0.255 e. The highest BCUT2D eigenvalue weighted by atomic mass is 19.1. The average Bonchev–Trinajstić information content (AvgIpc) is 2.81. The molecule has 2 amide bonds. The first-order chi connectivity index (χ1) is 15.0. The number of nitrogens with one attached hydrogen (secondary N) is 1. The Labute approximate surface area is 180 Å². The van der Waals surface area contributed by atoms with Gasteiger partial charge in [0.25, 0.3) is 11.8 Å². The normalized spacial score (nSPS) is 14.3. The van der Waals surface area contributed by atoms with E-state index in [1.807, 2.05) is 30.0 Å². The lowest BCUT2D eigenvalue weighted by molar-refractivity contribution is 0.0712. The predicted octanol–water partition coefficient (Wildman–Crippen LogP) is 4.80. The van der Waals surface area contributed by atoms with Crippen molar-refractivity contribution in [3.8, 4) is 0 Å². The van der Waals surface area contributed by atoms with Crippen molar-refractivity contribution in [3.63, 3.8) is 0 Å². The Balaban J connectivity index is 1.42. The summed E-state index contributed by atoms with van der Waals surface area (Å²) >= 11 is 0. The van der Waals surface area contributed by atoms with Crippen molar-refractivity contribution in [1.29, 1.82) is 0 Å². The van der Waals surface area contributed by atoms with Gasteiger partial charge in [-0.25, -0.2) is 4.39 Å². The summed E-state index contributed by atoms with van der Waals surface area (Å²) in [6.45, 7) is 3.19. The number of piperidine rings is 1. The molecule has 1 fully saturated rings. The van der Waals surface area contributed by atoms with Gasteiger partial charge < -0.3 is 10.2 Å². The maximum atomic E-state index is 13.2. The lowest BCUT2D eigenvalue weighted by Crippen LogP contribution is -2.38. The molecule has 1 aromatic heterocycles. The molecular formula is C25H24FN3O2. The van der Waals surface area contributed by atoms with Crippen molar-refractivity contribution in [1.82, 2.24) is 9.88 Å². The van der Waals surface area contributed by atoms with Gasteiger partial charge >= 0.3 is 0 Å². The Morgan fingerprint density at radius 1 is 0.968 bits per heavy atom. The number of pyridine rings is 1. The lowest BCUT2D eigenvalue weighted by atomic mass is 9.89. The molecule has 6 heteroatoms. The summed E-state index contributed by atoms with van der Waals surface area (Å²) in [5, 5.41) is 2.89. The van der Waals surface area contributed by atoms with Gasteiger partial charge in [-0.05, 0) is 73.2 Å². The molecule has 3 aromatic rings. The van der Waals surface area contributed by atoms with Gasteiger partial charge in [-0.2, -0.15) is 0 Å². The molecule has 4 rings (SSSR count). The van der Waals surface area contributed by atoms with E-state index in [2.05, 4.69) is 10.3 Å². The van der Waals surface area contributed by atoms with Gasteiger partial charge in [-0.3, -0.25) is 14.6 Å². The second kappa shape index (κ2) is 9.08. The fourth-order valence-corrected chi connectivity index (χ4v) is 3.92. The maximum absolute atomic E-state index is 13.2. The number of amides is 2. The second-order valence-corrected chi connectivity index (χ2v) is 7.84. The molecule has 31 heavy (non-hydrogen) atoms. The van der Waals surface area contributed by atoms with E-state index >= 15 is 0 Å². The number of rotatable bonds is 4. The molecule has 1 saturated heterocycles. The van der Waals surface area contributed by atoms with E-state index in [0.717, 1.165) is 24.0 Å². The third kappa shape index (κ3) is 4.79. The zero-order valence-corrected chi connectivity index (χ0v) is 17.3. The van der Waals surface area contributed by atoms with E-state index in [0.29, 0.717) is 35.8 Å². The number of carbonyl (C=O) groups is 2. The fraction of sp³-hybridized carbons (Fsp3) is 0.240. The number of likely N-dealkylation sites (tertiary alicyclic amines) is 1. The number of nitrogens with zero attached hydrogens (tertiary/aromatic N) is 2. The van der Waals surface area contributed by atoms with E-state index in [-0.39, 0.29) is 17.6 Å². The van der Waals surface area contributed by atoms with Crippen LogP contribution in [0.5, 0.6) is 0 Å². The number of hydrogen-bond donors (Lipinski definition) is 1. The molecule has 0 aliphatic carbocycles. The molecule has 0 saturated carbocycles. The summed E-state index contributed by atoms with van der Waals surface area (Å²) in [5.74, 6) is -0.187. The Kier molecular flexibility index (Phi) is 6.07. The van der Waals surface area contributed by atoms with Crippen LogP contribution in [0.1, 0.15) is 50.6 Å². The minimum absolute atomic E-state index is 0.0445. The summed E-state index contributed by atoms with van der Waals surface area (Å²) < 4.78 is 13.2. The number of anilines is 1. The highest BCUT2D eigenvalue weighted by Gasteiger charge is 2.25. The quantitative estimate of drug-likeness (QED) is 0.663. The minimum Gasteiger partial charge on any atom is -0.339 e. The average molecular weight is 417 g/mol. The van der Waals surface area contributed by atoms with Crippen LogP contribution in [-0.2, 0) is 0 Å². The monoisotopic (exact) mass is 417 g/mol. The van der Waals surface area contributed by atoms with Gasteiger partial charge in [0.2, 0.25) is 0 Å². The molecule has 1 aliphatic heterocycles. The molecule has 0 atom stereocenters. The van der Waals surface area contributed by atoms with E-state index in [9.17, 15) is 14.0 Å². The first-order valence-corrected chi connectivity index (χ1v) is 10.4. The molecule has 0 spiro atoms. The minimum atomic E-state index is -0.241.